The lowest BCUT2D eigenvalue weighted by atomic mass is 9.86. The number of benzene rings is 1. The number of hydrogen-bond donors (Lipinski definition) is 2. The summed E-state index contributed by atoms with van der Waals surface area (Å²) in [7, 11) is 0. The largest absolute Gasteiger partial charge is 0.477 e. The van der Waals surface area contributed by atoms with E-state index in [1.807, 2.05) is 0 Å². The topological polar surface area (TPSA) is 88.6 Å². The highest BCUT2D eigenvalue weighted by Gasteiger charge is 2.41. The predicted octanol–water partition coefficient (Wildman–Crippen LogP) is 3.26. The molecule has 9 heteroatoms. The Morgan fingerprint density at radius 3 is 2.73 bits per heavy atom. The van der Waals surface area contributed by atoms with Crippen molar-refractivity contribution in [3.05, 3.63) is 50.5 Å². The molecule has 2 aliphatic carbocycles. The number of nitrogens with two attached hydrogens (primary N) is 1. The first-order valence-electron chi connectivity index (χ1n) is 9.91. The molecule has 2 aromatic rings. The van der Waals surface area contributed by atoms with Crippen LogP contribution in [0.1, 0.15) is 35.7 Å². The number of carbonyl (C=O) groups is 1. The van der Waals surface area contributed by atoms with Crippen LogP contribution in [0, 0.1) is 11.7 Å². The average Bonchev–Trinajstić information content (AvgIpc) is 3.24. The van der Waals surface area contributed by atoms with Gasteiger partial charge in [-0.1, -0.05) is 17.7 Å². The van der Waals surface area contributed by atoms with Crippen molar-refractivity contribution in [1.82, 2.24) is 4.57 Å². The van der Waals surface area contributed by atoms with E-state index in [-0.39, 0.29) is 40.0 Å². The van der Waals surface area contributed by atoms with Crippen LogP contribution in [0.2, 0.25) is 5.02 Å². The van der Waals surface area contributed by atoms with E-state index in [0.29, 0.717) is 13.1 Å². The number of anilines is 1. The van der Waals surface area contributed by atoms with E-state index >= 15 is 4.39 Å². The molecule has 4 atom stereocenters. The Morgan fingerprint density at radius 1 is 1.37 bits per heavy atom. The number of pyridine rings is 1. The van der Waals surface area contributed by atoms with Crippen molar-refractivity contribution >= 4 is 34.2 Å². The number of alkyl halides is 1. The van der Waals surface area contributed by atoms with E-state index in [2.05, 4.69) is 6.08 Å². The van der Waals surface area contributed by atoms with E-state index < -0.39 is 35.0 Å². The number of hydrogen-bond acceptors (Lipinski definition) is 4. The van der Waals surface area contributed by atoms with Crippen molar-refractivity contribution in [2.24, 2.45) is 11.7 Å². The fourth-order valence-corrected chi connectivity index (χ4v) is 5.20. The Balaban J connectivity index is 1.71. The lowest BCUT2D eigenvalue weighted by molar-refractivity contribution is 0.0694. The summed E-state index contributed by atoms with van der Waals surface area (Å²) >= 11 is 6.63. The summed E-state index contributed by atoms with van der Waals surface area (Å²) in [6, 6.07) is 0.389. The van der Waals surface area contributed by atoms with E-state index in [9.17, 15) is 19.1 Å². The molecule has 2 fully saturated rings. The van der Waals surface area contributed by atoms with E-state index in [0.717, 1.165) is 30.7 Å². The summed E-state index contributed by atoms with van der Waals surface area (Å²) in [5.74, 6) is -2.05. The van der Waals surface area contributed by atoms with Gasteiger partial charge in [0.1, 0.15) is 17.6 Å². The van der Waals surface area contributed by atoms with E-state index in [1.54, 1.807) is 4.90 Å². The van der Waals surface area contributed by atoms with Crippen LogP contribution in [-0.2, 0) is 0 Å². The van der Waals surface area contributed by atoms with Crippen molar-refractivity contribution in [3.63, 3.8) is 0 Å². The zero-order valence-electron chi connectivity index (χ0n) is 15.9. The molecular weight excluding hydrogens is 416 g/mol. The average molecular weight is 436 g/mol. The minimum atomic E-state index is -1.45. The Morgan fingerprint density at radius 2 is 2.10 bits per heavy atom. The summed E-state index contributed by atoms with van der Waals surface area (Å²) in [6.45, 7) is 0.981. The second kappa shape index (κ2) is 6.78. The van der Waals surface area contributed by atoms with E-state index in [4.69, 9.17) is 17.3 Å². The molecule has 1 saturated heterocycles. The van der Waals surface area contributed by atoms with Crippen molar-refractivity contribution in [1.29, 1.82) is 0 Å². The van der Waals surface area contributed by atoms with Gasteiger partial charge in [0.25, 0.3) is 0 Å². The van der Waals surface area contributed by atoms with Crippen molar-refractivity contribution in [3.8, 4) is 0 Å². The number of carboxylic acid groups (broad SMARTS) is 1. The number of fused-ring (bicyclic) bond motifs is 2. The van der Waals surface area contributed by atoms with Crippen molar-refractivity contribution in [2.75, 3.05) is 18.0 Å². The van der Waals surface area contributed by atoms with Crippen LogP contribution in [0.4, 0.5) is 14.5 Å². The monoisotopic (exact) mass is 435 g/mol. The first-order chi connectivity index (χ1) is 14.3. The lowest BCUT2D eigenvalue weighted by Gasteiger charge is -2.25. The first kappa shape index (κ1) is 19.5. The predicted molar refractivity (Wildman–Crippen MR) is 110 cm³/mol. The number of halogens is 3. The molecule has 30 heavy (non-hydrogen) atoms. The van der Waals surface area contributed by atoms with Crippen LogP contribution in [0.25, 0.3) is 10.9 Å². The number of aromatic carboxylic acids is 1. The normalized spacial score (nSPS) is 27.9. The Labute approximate surface area is 175 Å². The van der Waals surface area contributed by atoms with Gasteiger partial charge < -0.3 is 20.3 Å². The summed E-state index contributed by atoms with van der Waals surface area (Å²) in [5, 5.41) is 9.20. The van der Waals surface area contributed by atoms with Gasteiger partial charge in [0.2, 0.25) is 5.43 Å². The van der Waals surface area contributed by atoms with Crippen molar-refractivity contribution in [2.45, 2.75) is 37.5 Å². The molecule has 0 bridgehead atoms. The molecule has 1 saturated carbocycles. The third-order valence-corrected chi connectivity index (χ3v) is 6.82. The summed E-state index contributed by atoms with van der Waals surface area (Å²) in [6.07, 6.45) is 4.02. The zero-order valence-corrected chi connectivity index (χ0v) is 16.7. The minimum absolute atomic E-state index is 0.00708. The maximum atomic E-state index is 15.2. The van der Waals surface area contributed by atoms with Crippen LogP contribution in [0.3, 0.4) is 0 Å². The van der Waals surface area contributed by atoms with Gasteiger partial charge in [0.05, 0.1) is 27.7 Å². The number of allylic oxidation sites excluding steroid dienone is 1. The fourth-order valence-electron chi connectivity index (χ4n) is 4.79. The molecule has 0 radical (unpaired) electrons. The van der Waals surface area contributed by atoms with Gasteiger partial charge in [0.15, 0.2) is 0 Å². The Bertz CT molecular complexity index is 1180. The maximum Gasteiger partial charge on any atom is 0.341 e. The molecule has 1 aliphatic heterocycles. The Kier molecular flexibility index (Phi) is 4.41. The molecule has 1 aromatic carbocycles. The maximum absolute atomic E-state index is 15.2. The smallest absolute Gasteiger partial charge is 0.341 e. The molecule has 0 spiro atoms. The number of carboxylic acids is 1. The zero-order chi connectivity index (χ0) is 21.3. The van der Waals surface area contributed by atoms with Gasteiger partial charge in [-0.25, -0.2) is 13.6 Å². The number of nitrogens with zero attached hydrogens (tertiary/aromatic N) is 2. The highest BCUT2D eigenvalue weighted by molar-refractivity contribution is 6.38. The number of rotatable bonds is 3. The summed E-state index contributed by atoms with van der Waals surface area (Å²) in [5.41, 5.74) is 6.32. The summed E-state index contributed by atoms with van der Waals surface area (Å²) < 4.78 is 30.5. The SMILES string of the molecule is NC1CCC=C2CN(c3c(F)cc4c(=O)c(C(=O)O)cn([C@@H]5C[C@@H]5F)c4c3Cl)CC21. The molecule has 0 amide bonds. The second-order valence-corrected chi connectivity index (χ2v) is 8.71. The third-order valence-electron chi connectivity index (χ3n) is 6.46. The van der Waals surface area contributed by atoms with Gasteiger partial charge >= 0.3 is 5.97 Å². The van der Waals surface area contributed by atoms with Crippen LogP contribution in [0.15, 0.2) is 28.7 Å². The standard InChI is InChI=1S/C21H20ClF2N3O3/c22-17-18-10(20(28)12(21(29)30)8-27(18)16-5-13(16)23)4-14(24)19(17)26-6-9-2-1-3-15(25)11(9)7-26/h2,4,8,11,13,15-16H,1,3,5-7,25H2,(H,29,30)/t11?,13-,15?,16+/m0/s1. The molecule has 3 aliphatic rings. The van der Waals surface area contributed by atoms with Gasteiger partial charge in [-0.2, -0.15) is 0 Å². The van der Waals surface area contributed by atoms with Crippen LogP contribution >= 0.6 is 11.6 Å². The van der Waals surface area contributed by atoms with E-state index in [1.165, 1.54) is 4.57 Å². The summed E-state index contributed by atoms with van der Waals surface area (Å²) in [4.78, 5) is 26.0. The highest BCUT2D eigenvalue weighted by atomic mass is 35.5. The van der Waals surface area contributed by atoms with Crippen LogP contribution in [0.5, 0.6) is 0 Å². The molecule has 3 N–H and O–H groups in total. The van der Waals surface area contributed by atoms with Gasteiger partial charge in [-0.15, -0.1) is 0 Å². The lowest BCUT2D eigenvalue weighted by Crippen LogP contribution is -2.34. The van der Waals surface area contributed by atoms with Gasteiger partial charge in [0, 0.05) is 37.7 Å². The molecule has 2 unspecified atom stereocenters. The molecule has 6 nitrogen and oxygen atoms in total. The number of aromatic nitrogens is 1. The molecule has 5 rings (SSSR count). The molecular formula is C21H20ClF2N3O3. The van der Waals surface area contributed by atoms with Crippen molar-refractivity contribution < 1.29 is 18.7 Å². The van der Waals surface area contributed by atoms with Gasteiger partial charge in [-0.05, 0) is 24.5 Å². The highest BCUT2D eigenvalue weighted by Crippen LogP contribution is 2.45. The fraction of sp³-hybridized carbons (Fsp3) is 0.429. The quantitative estimate of drug-likeness (QED) is 0.722. The second-order valence-electron chi connectivity index (χ2n) is 8.33. The van der Waals surface area contributed by atoms with Crippen LogP contribution < -0.4 is 16.1 Å². The van der Waals surface area contributed by atoms with Gasteiger partial charge in [-0.3, -0.25) is 4.79 Å². The Hall–Kier alpha value is -2.45. The molecule has 2 heterocycles. The molecule has 158 valence electrons. The molecule has 1 aromatic heterocycles. The minimum Gasteiger partial charge on any atom is -0.477 e. The van der Waals surface area contributed by atoms with Crippen LogP contribution in [-0.4, -0.2) is 40.9 Å². The first-order valence-corrected chi connectivity index (χ1v) is 10.3. The third kappa shape index (κ3) is 2.85.